The topological polar surface area (TPSA) is 64.5 Å². The molecule has 1 aromatic carbocycles. The molecule has 0 aliphatic carbocycles. The van der Waals surface area contributed by atoms with Gasteiger partial charge in [-0.2, -0.15) is 4.98 Å². The fourth-order valence-corrected chi connectivity index (χ4v) is 2.05. The van der Waals surface area contributed by atoms with E-state index in [1.165, 1.54) is 0 Å². The lowest BCUT2D eigenvalue weighted by atomic mass is 10.3. The number of para-hydroxylation sites is 1. The van der Waals surface area contributed by atoms with E-state index in [-0.39, 0.29) is 6.04 Å². The third-order valence-electron chi connectivity index (χ3n) is 2.97. The minimum Gasteiger partial charge on any atom is -0.423 e. The van der Waals surface area contributed by atoms with Crippen LogP contribution in [0.5, 0.6) is 0 Å². The number of aromatic nitrogens is 1. The summed E-state index contributed by atoms with van der Waals surface area (Å²) in [5.41, 5.74) is 7.95. The Morgan fingerprint density at radius 3 is 2.89 bits per heavy atom. The van der Waals surface area contributed by atoms with Crippen LogP contribution < -0.4 is 10.6 Å². The van der Waals surface area contributed by atoms with Gasteiger partial charge in [-0.25, -0.2) is 0 Å². The molecule has 0 amide bonds. The smallest absolute Gasteiger partial charge is 0.298 e. The molecule has 0 spiro atoms. The van der Waals surface area contributed by atoms with Crippen molar-refractivity contribution in [2.75, 3.05) is 30.9 Å². The van der Waals surface area contributed by atoms with Gasteiger partial charge in [0.15, 0.2) is 5.58 Å². The van der Waals surface area contributed by atoms with Gasteiger partial charge in [-0.1, -0.05) is 6.07 Å². The molecule has 1 heterocycles. The Bertz CT molecular complexity index is 524. The van der Waals surface area contributed by atoms with E-state index in [0.29, 0.717) is 23.9 Å². The largest absolute Gasteiger partial charge is 0.423 e. The van der Waals surface area contributed by atoms with Gasteiger partial charge in [0.25, 0.3) is 6.01 Å². The number of benzene rings is 1. The molecule has 0 aliphatic rings. The number of methoxy groups -OCH3 is 1. The van der Waals surface area contributed by atoms with Crippen molar-refractivity contribution in [2.45, 2.75) is 19.9 Å². The molecule has 18 heavy (non-hydrogen) atoms. The molecule has 1 unspecified atom stereocenters. The van der Waals surface area contributed by atoms with Crippen molar-refractivity contribution in [2.24, 2.45) is 0 Å². The SMILES string of the molecule is CCN(c1nc2c(N)cccc2o1)C(C)COC. The standard InChI is InChI=1S/C13H19N3O2/c1-4-16(9(2)8-17-3)13-15-12-10(14)6-5-7-11(12)18-13/h5-7,9H,4,8,14H2,1-3H3. The Balaban J connectivity index is 2.37. The molecule has 0 saturated carbocycles. The Hall–Kier alpha value is -1.75. The maximum Gasteiger partial charge on any atom is 0.298 e. The van der Waals surface area contributed by atoms with Gasteiger partial charge in [0, 0.05) is 13.7 Å². The van der Waals surface area contributed by atoms with Crippen LogP contribution in [0.4, 0.5) is 11.7 Å². The number of oxazole rings is 1. The summed E-state index contributed by atoms with van der Waals surface area (Å²) in [6.45, 7) is 5.56. The Morgan fingerprint density at radius 2 is 2.28 bits per heavy atom. The lowest BCUT2D eigenvalue weighted by Gasteiger charge is -2.25. The van der Waals surface area contributed by atoms with E-state index in [0.717, 1.165) is 12.1 Å². The van der Waals surface area contributed by atoms with Crippen molar-refractivity contribution in [3.8, 4) is 0 Å². The minimum absolute atomic E-state index is 0.203. The summed E-state index contributed by atoms with van der Waals surface area (Å²) < 4.78 is 10.9. The molecule has 0 bridgehead atoms. The maximum atomic E-state index is 5.88. The predicted octanol–water partition coefficient (Wildman–Crippen LogP) is 2.27. The van der Waals surface area contributed by atoms with E-state index in [9.17, 15) is 0 Å². The summed E-state index contributed by atoms with van der Waals surface area (Å²) in [5, 5.41) is 0. The van der Waals surface area contributed by atoms with E-state index >= 15 is 0 Å². The highest BCUT2D eigenvalue weighted by Gasteiger charge is 2.19. The molecule has 2 aromatic rings. The number of likely N-dealkylation sites (N-methyl/N-ethyl adjacent to an activating group) is 1. The van der Waals surface area contributed by atoms with Crippen LogP contribution in [0.3, 0.4) is 0 Å². The van der Waals surface area contributed by atoms with Crippen LogP contribution in [-0.4, -0.2) is 31.3 Å². The fraction of sp³-hybridized carbons (Fsp3) is 0.462. The van der Waals surface area contributed by atoms with Gasteiger partial charge in [-0.05, 0) is 26.0 Å². The Labute approximate surface area is 107 Å². The second-order valence-electron chi connectivity index (χ2n) is 4.28. The van der Waals surface area contributed by atoms with E-state index in [4.69, 9.17) is 14.9 Å². The zero-order chi connectivity index (χ0) is 13.1. The third-order valence-corrected chi connectivity index (χ3v) is 2.97. The summed E-state index contributed by atoms with van der Waals surface area (Å²) >= 11 is 0. The molecule has 5 nitrogen and oxygen atoms in total. The van der Waals surface area contributed by atoms with Gasteiger partial charge in [0.05, 0.1) is 18.3 Å². The van der Waals surface area contributed by atoms with Gasteiger partial charge < -0.3 is 19.8 Å². The summed E-state index contributed by atoms with van der Waals surface area (Å²) in [6.07, 6.45) is 0. The minimum atomic E-state index is 0.203. The predicted molar refractivity (Wildman–Crippen MR) is 72.8 cm³/mol. The van der Waals surface area contributed by atoms with Crippen molar-refractivity contribution in [3.05, 3.63) is 18.2 Å². The number of anilines is 2. The number of nitrogens with zero attached hydrogens (tertiary/aromatic N) is 2. The van der Waals surface area contributed by atoms with E-state index < -0.39 is 0 Å². The highest BCUT2D eigenvalue weighted by atomic mass is 16.5. The molecule has 0 saturated heterocycles. The molecule has 2 N–H and O–H groups in total. The highest BCUT2D eigenvalue weighted by Crippen LogP contribution is 2.26. The van der Waals surface area contributed by atoms with Crippen molar-refractivity contribution in [1.82, 2.24) is 4.98 Å². The van der Waals surface area contributed by atoms with Gasteiger partial charge >= 0.3 is 0 Å². The second-order valence-corrected chi connectivity index (χ2v) is 4.28. The van der Waals surface area contributed by atoms with Crippen LogP contribution in [-0.2, 0) is 4.74 Å². The van der Waals surface area contributed by atoms with Crippen LogP contribution >= 0.6 is 0 Å². The molecule has 98 valence electrons. The molecule has 5 heteroatoms. The molecule has 2 rings (SSSR count). The van der Waals surface area contributed by atoms with Crippen molar-refractivity contribution >= 4 is 22.8 Å². The molecule has 1 aromatic heterocycles. The van der Waals surface area contributed by atoms with Crippen LogP contribution in [0.1, 0.15) is 13.8 Å². The number of nitrogen functional groups attached to an aromatic ring is 1. The first kappa shape index (κ1) is 12.7. The van der Waals surface area contributed by atoms with Crippen molar-refractivity contribution in [1.29, 1.82) is 0 Å². The normalized spacial score (nSPS) is 12.8. The first-order chi connectivity index (χ1) is 8.67. The molecule has 1 atom stereocenters. The molecular weight excluding hydrogens is 230 g/mol. The maximum absolute atomic E-state index is 5.88. The van der Waals surface area contributed by atoms with Gasteiger partial charge in [-0.3, -0.25) is 0 Å². The van der Waals surface area contributed by atoms with Crippen molar-refractivity contribution < 1.29 is 9.15 Å². The monoisotopic (exact) mass is 249 g/mol. The zero-order valence-electron chi connectivity index (χ0n) is 11.0. The van der Waals surface area contributed by atoms with Gasteiger partial charge in [0.1, 0.15) is 5.52 Å². The third kappa shape index (κ3) is 2.26. The van der Waals surface area contributed by atoms with E-state index in [1.54, 1.807) is 7.11 Å². The van der Waals surface area contributed by atoms with E-state index in [1.807, 2.05) is 18.2 Å². The quantitative estimate of drug-likeness (QED) is 0.823. The number of hydrogen-bond donors (Lipinski definition) is 1. The second kappa shape index (κ2) is 5.27. The summed E-state index contributed by atoms with van der Waals surface area (Å²) in [6, 6.07) is 6.35. The van der Waals surface area contributed by atoms with Crippen LogP contribution in [0.25, 0.3) is 11.1 Å². The first-order valence-corrected chi connectivity index (χ1v) is 6.08. The molecular formula is C13H19N3O2. The lowest BCUT2D eigenvalue weighted by Crippen LogP contribution is -2.36. The van der Waals surface area contributed by atoms with Crippen molar-refractivity contribution in [3.63, 3.8) is 0 Å². The summed E-state index contributed by atoms with van der Waals surface area (Å²) in [5.74, 6) is 0. The number of ether oxygens (including phenoxy) is 1. The van der Waals surface area contributed by atoms with Crippen LogP contribution in [0.2, 0.25) is 0 Å². The first-order valence-electron chi connectivity index (χ1n) is 6.08. The Kier molecular flexibility index (Phi) is 3.72. The summed E-state index contributed by atoms with van der Waals surface area (Å²) in [4.78, 5) is 6.52. The lowest BCUT2D eigenvalue weighted by molar-refractivity contribution is 0.180. The number of nitrogens with two attached hydrogens (primary N) is 1. The molecule has 0 radical (unpaired) electrons. The number of fused-ring (bicyclic) bond motifs is 1. The van der Waals surface area contributed by atoms with E-state index in [2.05, 4.69) is 23.7 Å². The number of hydrogen-bond acceptors (Lipinski definition) is 5. The highest BCUT2D eigenvalue weighted by molar-refractivity contribution is 5.86. The zero-order valence-corrected chi connectivity index (χ0v) is 11.0. The number of rotatable bonds is 5. The average Bonchev–Trinajstić information content (AvgIpc) is 2.75. The van der Waals surface area contributed by atoms with Gasteiger partial charge in [-0.15, -0.1) is 0 Å². The van der Waals surface area contributed by atoms with Gasteiger partial charge in [0.2, 0.25) is 0 Å². The van der Waals surface area contributed by atoms with Crippen LogP contribution in [0.15, 0.2) is 22.6 Å². The van der Waals surface area contributed by atoms with Crippen LogP contribution in [0, 0.1) is 0 Å². The Morgan fingerprint density at radius 1 is 1.50 bits per heavy atom. The fourth-order valence-electron chi connectivity index (χ4n) is 2.05. The molecule has 0 fully saturated rings. The summed E-state index contributed by atoms with van der Waals surface area (Å²) in [7, 11) is 1.69. The average molecular weight is 249 g/mol. The molecule has 0 aliphatic heterocycles.